The number of hydrogen-bond acceptors (Lipinski definition) is 2. The van der Waals surface area contributed by atoms with Gasteiger partial charge in [-0.05, 0) is 85.3 Å². The molecule has 0 N–H and O–H groups in total. The molecule has 1 unspecified atom stereocenters. The third kappa shape index (κ3) is 9.16. The first-order valence-electron chi connectivity index (χ1n) is 15.9. The molecule has 0 saturated heterocycles. The van der Waals surface area contributed by atoms with Gasteiger partial charge in [0.05, 0.1) is 6.61 Å². The van der Waals surface area contributed by atoms with Crippen LogP contribution in [0.15, 0.2) is 72.8 Å². The van der Waals surface area contributed by atoms with E-state index < -0.39 is 0 Å². The molecule has 40 heavy (non-hydrogen) atoms. The quantitative estimate of drug-likeness (QED) is 0.142. The summed E-state index contributed by atoms with van der Waals surface area (Å²) in [6.07, 6.45) is 15.7. The van der Waals surface area contributed by atoms with Crippen LogP contribution in [-0.4, -0.2) is 19.0 Å². The van der Waals surface area contributed by atoms with Gasteiger partial charge in [0.1, 0.15) is 5.78 Å². The molecule has 0 amide bonds. The zero-order chi connectivity index (χ0) is 28.0. The highest BCUT2D eigenvalue weighted by molar-refractivity contribution is 5.78. The minimum atomic E-state index is 0.320. The smallest absolute Gasteiger partial charge is 0.129 e. The second kappa shape index (κ2) is 16.5. The van der Waals surface area contributed by atoms with E-state index in [1.165, 1.54) is 104 Å². The van der Waals surface area contributed by atoms with Crippen LogP contribution in [0, 0.1) is 12.8 Å². The Hall–Kier alpha value is -2.71. The normalized spacial score (nSPS) is 13.2. The Balaban J connectivity index is 1.21. The molecule has 4 rings (SSSR count). The first-order valence-corrected chi connectivity index (χ1v) is 15.9. The minimum Gasteiger partial charge on any atom is -0.380 e. The SMILES string of the molecule is CC(=O)CCCCCCC(CCCCCCCc1ccccc1C)COCC1c2ccccc2-c2ccccc21. The van der Waals surface area contributed by atoms with Crippen LogP contribution >= 0.6 is 0 Å². The lowest BCUT2D eigenvalue weighted by atomic mass is 9.94. The largest absolute Gasteiger partial charge is 0.380 e. The first-order chi connectivity index (χ1) is 19.6. The second-order valence-electron chi connectivity index (χ2n) is 12.0. The van der Waals surface area contributed by atoms with Crippen LogP contribution in [0.5, 0.6) is 0 Å². The predicted octanol–water partition coefficient (Wildman–Crippen LogP) is 10.3. The fourth-order valence-corrected chi connectivity index (χ4v) is 6.43. The van der Waals surface area contributed by atoms with Gasteiger partial charge in [0.2, 0.25) is 0 Å². The Kier molecular flexibility index (Phi) is 12.5. The lowest BCUT2D eigenvalue weighted by molar-refractivity contribution is -0.117. The Morgan fingerprint density at radius 1 is 0.700 bits per heavy atom. The first kappa shape index (κ1) is 30.3. The molecule has 0 heterocycles. The van der Waals surface area contributed by atoms with Crippen molar-refractivity contribution in [3.05, 3.63) is 95.1 Å². The Morgan fingerprint density at radius 3 is 1.90 bits per heavy atom. The van der Waals surface area contributed by atoms with E-state index in [4.69, 9.17) is 4.74 Å². The summed E-state index contributed by atoms with van der Waals surface area (Å²) >= 11 is 0. The van der Waals surface area contributed by atoms with Crippen LogP contribution in [0.1, 0.15) is 112 Å². The molecule has 2 nitrogen and oxygen atoms in total. The van der Waals surface area contributed by atoms with Gasteiger partial charge in [-0.2, -0.15) is 0 Å². The number of hydrogen-bond donors (Lipinski definition) is 0. The highest BCUT2D eigenvalue weighted by Gasteiger charge is 2.28. The summed E-state index contributed by atoms with van der Waals surface area (Å²) in [5.74, 6) is 1.29. The van der Waals surface area contributed by atoms with Crippen LogP contribution in [0.2, 0.25) is 0 Å². The second-order valence-corrected chi connectivity index (χ2v) is 12.0. The van der Waals surface area contributed by atoms with E-state index >= 15 is 0 Å². The molecule has 0 bridgehead atoms. The third-order valence-electron chi connectivity index (χ3n) is 8.81. The monoisotopic (exact) mass is 538 g/mol. The van der Waals surface area contributed by atoms with E-state index in [0.29, 0.717) is 17.6 Å². The number of aryl methyl sites for hydroxylation is 2. The predicted molar refractivity (Wildman–Crippen MR) is 169 cm³/mol. The Labute approximate surface area is 243 Å². The van der Waals surface area contributed by atoms with E-state index in [9.17, 15) is 4.79 Å². The summed E-state index contributed by atoms with van der Waals surface area (Å²) in [4.78, 5) is 11.2. The molecular weight excluding hydrogens is 488 g/mol. The van der Waals surface area contributed by atoms with Gasteiger partial charge in [0.15, 0.2) is 0 Å². The van der Waals surface area contributed by atoms with E-state index in [2.05, 4.69) is 79.7 Å². The van der Waals surface area contributed by atoms with Gasteiger partial charge in [0, 0.05) is 18.9 Å². The fraction of sp³-hybridized carbons (Fsp3) is 0.500. The van der Waals surface area contributed by atoms with Crippen LogP contribution in [0.3, 0.4) is 0 Å². The van der Waals surface area contributed by atoms with Gasteiger partial charge < -0.3 is 9.53 Å². The number of Topliss-reactive ketones (excluding diaryl/α,β-unsaturated/α-hetero) is 1. The van der Waals surface area contributed by atoms with Gasteiger partial charge in [-0.1, -0.05) is 118 Å². The molecular formula is C38H50O2. The van der Waals surface area contributed by atoms with E-state index in [1.807, 2.05) is 0 Å². The number of carbonyl (C=O) groups excluding carboxylic acids is 1. The van der Waals surface area contributed by atoms with E-state index in [-0.39, 0.29) is 0 Å². The van der Waals surface area contributed by atoms with Crippen molar-refractivity contribution in [1.29, 1.82) is 0 Å². The van der Waals surface area contributed by atoms with Gasteiger partial charge in [-0.25, -0.2) is 0 Å². The van der Waals surface area contributed by atoms with Crippen molar-refractivity contribution in [3.63, 3.8) is 0 Å². The molecule has 0 radical (unpaired) electrons. The molecule has 0 saturated carbocycles. The molecule has 1 aliphatic rings. The maximum Gasteiger partial charge on any atom is 0.129 e. The van der Waals surface area contributed by atoms with Crippen molar-refractivity contribution in [1.82, 2.24) is 0 Å². The summed E-state index contributed by atoms with van der Waals surface area (Å²) in [5.41, 5.74) is 8.51. The number of fused-ring (bicyclic) bond motifs is 3. The van der Waals surface area contributed by atoms with Crippen molar-refractivity contribution in [2.45, 2.75) is 103 Å². The number of ether oxygens (including phenoxy) is 1. The van der Waals surface area contributed by atoms with Crippen LogP contribution < -0.4 is 0 Å². The molecule has 0 aromatic heterocycles. The van der Waals surface area contributed by atoms with Crippen molar-refractivity contribution < 1.29 is 9.53 Å². The van der Waals surface area contributed by atoms with Gasteiger partial charge in [0.25, 0.3) is 0 Å². The number of ketones is 1. The van der Waals surface area contributed by atoms with Crippen molar-refractivity contribution in [2.75, 3.05) is 13.2 Å². The number of benzene rings is 3. The van der Waals surface area contributed by atoms with E-state index in [1.54, 1.807) is 6.92 Å². The highest BCUT2D eigenvalue weighted by Crippen LogP contribution is 2.44. The molecule has 214 valence electrons. The van der Waals surface area contributed by atoms with Gasteiger partial charge in [-0.15, -0.1) is 0 Å². The summed E-state index contributed by atoms with van der Waals surface area (Å²) < 4.78 is 6.51. The van der Waals surface area contributed by atoms with Crippen molar-refractivity contribution >= 4 is 5.78 Å². The standard InChI is InChI=1S/C38H50O2/c1-30-18-12-13-23-33(30)22-11-5-3-4-9-20-32(21-10-7-6-8-19-31(2)39)28-40-29-38-36-26-16-14-24-34(36)35-25-15-17-27-37(35)38/h12-18,23-27,32,38H,3-11,19-22,28-29H2,1-2H3. The summed E-state index contributed by atoms with van der Waals surface area (Å²) in [6, 6.07) is 26.5. The molecule has 0 fully saturated rings. The number of unbranched alkanes of at least 4 members (excludes halogenated alkanes) is 7. The lowest BCUT2D eigenvalue weighted by Crippen LogP contribution is -2.14. The van der Waals surface area contributed by atoms with Crippen LogP contribution in [-0.2, 0) is 16.0 Å². The van der Waals surface area contributed by atoms with E-state index in [0.717, 1.165) is 26.1 Å². The van der Waals surface area contributed by atoms with Crippen LogP contribution in [0.25, 0.3) is 11.1 Å². The molecule has 0 aliphatic heterocycles. The molecule has 1 aliphatic carbocycles. The lowest BCUT2D eigenvalue weighted by Gasteiger charge is -2.20. The molecule has 0 spiro atoms. The summed E-state index contributed by atoms with van der Waals surface area (Å²) in [7, 11) is 0. The fourth-order valence-electron chi connectivity index (χ4n) is 6.43. The van der Waals surface area contributed by atoms with Crippen molar-refractivity contribution in [2.24, 2.45) is 5.92 Å². The van der Waals surface area contributed by atoms with Crippen LogP contribution in [0.4, 0.5) is 0 Å². The number of rotatable bonds is 19. The van der Waals surface area contributed by atoms with Crippen molar-refractivity contribution in [3.8, 4) is 11.1 Å². The number of carbonyl (C=O) groups is 1. The molecule has 3 aromatic rings. The maximum atomic E-state index is 11.2. The molecule has 2 heteroatoms. The minimum absolute atomic E-state index is 0.320. The zero-order valence-corrected chi connectivity index (χ0v) is 25.0. The molecule has 1 atom stereocenters. The van der Waals surface area contributed by atoms with Gasteiger partial charge >= 0.3 is 0 Å². The molecule has 3 aromatic carbocycles. The zero-order valence-electron chi connectivity index (χ0n) is 25.0. The van der Waals surface area contributed by atoms with Gasteiger partial charge in [-0.3, -0.25) is 0 Å². The third-order valence-corrected chi connectivity index (χ3v) is 8.81. The Morgan fingerprint density at radius 2 is 1.25 bits per heavy atom. The topological polar surface area (TPSA) is 26.3 Å². The summed E-state index contributed by atoms with van der Waals surface area (Å²) in [6.45, 7) is 5.56. The average molecular weight is 539 g/mol. The average Bonchev–Trinajstić information content (AvgIpc) is 3.28. The highest BCUT2D eigenvalue weighted by atomic mass is 16.5. The maximum absolute atomic E-state index is 11.2. The Bertz CT molecular complexity index is 1130. The summed E-state index contributed by atoms with van der Waals surface area (Å²) in [5, 5.41) is 0.